The number of aliphatic carboxylic acids is 2. The molecule has 1 saturated heterocycles. The second kappa shape index (κ2) is 21.2. The van der Waals surface area contributed by atoms with E-state index in [2.05, 4.69) is 5.32 Å². The zero-order valence-corrected chi connectivity index (χ0v) is 22.6. The van der Waals surface area contributed by atoms with Crippen molar-refractivity contribution >= 4 is 11.9 Å². The van der Waals surface area contributed by atoms with Crippen molar-refractivity contribution in [2.45, 2.75) is 6.04 Å². The van der Waals surface area contributed by atoms with Gasteiger partial charge in [0.1, 0.15) is 0 Å². The summed E-state index contributed by atoms with van der Waals surface area (Å²) in [5.74, 6) is -2.82. The van der Waals surface area contributed by atoms with Crippen LogP contribution in [0.1, 0.15) is 0 Å². The van der Waals surface area contributed by atoms with Crippen molar-refractivity contribution in [3.05, 3.63) is 0 Å². The molecule has 0 aromatic heterocycles. The molecule has 10 nitrogen and oxygen atoms in total. The molecule has 0 atom stereocenters. The van der Waals surface area contributed by atoms with Crippen LogP contribution in [0.3, 0.4) is 0 Å². The van der Waals surface area contributed by atoms with Gasteiger partial charge in [0.05, 0.1) is 52.9 Å². The zero-order chi connectivity index (χ0) is 18.3. The summed E-state index contributed by atoms with van der Waals surface area (Å²) in [7, 11) is 0. The molecular weight excluding hydrogens is 414 g/mol. The second-order valence-electron chi connectivity index (χ2n) is 5.31. The molecule has 1 rings (SSSR count). The summed E-state index contributed by atoms with van der Waals surface area (Å²) < 4.78 is 21.5. The van der Waals surface area contributed by atoms with Gasteiger partial charge in [-0.25, -0.2) is 9.59 Å². The number of carboxylic acids is 2. The largest absolute Gasteiger partial charge is 1.00 e. The Morgan fingerprint density at radius 3 is 1.44 bits per heavy atom. The van der Waals surface area contributed by atoms with Gasteiger partial charge in [0.2, 0.25) is 6.04 Å². The molecule has 0 aromatic carbocycles. The Labute approximate surface area is 244 Å². The first-order chi connectivity index (χ1) is 12.1. The topological polar surface area (TPSA) is 127 Å². The molecule has 1 aliphatic rings. The maximum Gasteiger partial charge on any atom is 1.00 e. The summed E-state index contributed by atoms with van der Waals surface area (Å²) in [4.78, 5) is 23.8. The summed E-state index contributed by atoms with van der Waals surface area (Å²) in [6.45, 7) is 4.86. The molecule has 0 spiro atoms. The normalized spacial score (nSPS) is 19.7. The molecule has 3 N–H and O–H groups in total. The molecule has 0 aromatic rings. The Morgan fingerprint density at radius 2 is 1.07 bits per heavy atom. The smallest absolute Gasteiger partial charge is 0.480 e. The van der Waals surface area contributed by atoms with Gasteiger partial charge >= 0.3 is 115 Å². The van der Waals surface area contributed by atoms with Gasteiger partial charge in [-0.1, -0.05) is 0 Å². The minimum absolute atomic E-state index is 0. The van der Waals surface area contributed by atoms with E-state index in [1.165, 1.54) is 4.90 Å². The van der Waals surface area contributed by atoms with Crippen LogP contribution >= 0.6 is 0 Å². The van der Waals surface area contributed by atoms with E-state index in [-0.39, 0.29) is 129 Å². The van der Waals surface area contributed by atoms with Gasteiger partial charge in [0, 0.05) is 26.2 Å². The van der Waals surface area contributed by atoms with Crippen molar-refractivity contribution < 1.29 is 142 Å². The second-order valence-corrected chi connectivity index (χ2v) is 5.31. The monoisotopic (exact) mass is 442 g/mol. The molecule has 0 amide bonds. The Kier molecular flexibility index (Phi) is 24.5. The minimum atomic E-state index is -1.63. The third-order valence-corrected chi connectivity index (χ3v) is 3.47. The number of nitrogens with one attached hydrogen (secondary N) is 1. The summed E-state index contributed by atoms with van der Waals surface area (Å²) in [6.07, 6.45) is 0. The van der Waals surface area contributed by atoms with Crippen LogP contribution in [-0.4, -0.2) is 112 Å². The van der Waals surface area contributed by atoms with E-state index in [1.807, 2.05) is 0 Å². The van der Waals surface area contributed by atoms with Crippen molar-refractivity contribution in [3.8, 4) is 0 Å². The first-order valence-electron chi connectivity index (χ1n) is 8.34. The maximum absolute atomic E-state index is 11.2. The number of hydrogen-bond donors (Lipinski definition) is 3. The first-order valence-corrected chi connectivity index (χ1v) is 8.34. The average Bonchev–Trinajstić information content (AvgIpc) is 2.55. The Morgan fingerprint density at radius 1 is 0.704 bits per heavy atom. The third kappa shape index (κ3) is 16.3. The van der Waals surface area contributed by atoms with Gasteiger partial charge in [-0.15, -0.1) is 0 Å². The van der Waals surface area contributed by atoms with Crippen molar-refractivity contribution in [2.24, 2.45) is 0 Å². The zero-order valence-electron chi connectivity index (χ0n) is 16.4. The fourth-order valence-electron chi connectivity index (χ4n) is 2.21. The Hall–Kier alpha value is 1.97. The van der Waals surface area contributed by atoms with Crippen molar-refractivity contribution in [1.82, 2.24) is 10.2 Å². The third-order valence-electron chi connectivity index (χ3n) is 3.47. The molecule has 0 saturated carbocycles. The fraction of sp³-hybridized carbons (Fsp3) is 0.867. The molecule has 1 fully saturated rings. The number of rotatable bonds is 3. The molecule has 0 aliphatic carbocycles. The van der Waals surface area contributed by atoms with Crippen molar-refractivity contribution in [1.29, 1.82) is 0 Å². The SMILES string of the molecule is O=C(O)C(C(=O)O)N1CCOCCOCCNCCOCCOCC1.[K+].[K+]. The van der Waals surface area contributed by atoms with Gasteiger partial charge < -0.3 is 34.5 Å². The van der Waals surface area contributed by atoms with Crippen LogP contribution in [0.2, 0.25) is 0 Å². The van der Waals surface area contributed by atoms with E-state index in [0.717, 1.165) is 0 Å². The Bertz CT molecular complexity index is 361. The van der Waals surface area contributed by atoms with Crippen molar-refractivity contribution in [3.63, 3.8) is 0 Å². The summed E-state index contributed by atoms with van der Waals surface area (Å²) in [5, 5.41) is 21.5. The Balaban J connectivity index is 0. The van der Waals surface area contributed by atoms with Crippen LogP contribution in [0.4, 0.5) is 0 Å². The first kappa shape index (κ1) is 31.2. The quantitative estimate of drug-likeness (QED) is 0.287. The molecule has 146 valence electrons. The van der Waals surface area contributed by atoms with Gasteiger partial charge in [-0.05, 0) is 0 Å². The van der Waals surface area contributed by atoms with E-state index in [4.69, 9.17) is 29.2 Å². The van der Waals surface area contributed by atoms with Crippen LogP contribution in [0, 0.1) is 0 Å². The number of carboxylic acid groups (broad SMARTS) is 2. The number of nitrogens with zero attached hydrogens (tertiary/aromatic N) is 1. The van der Waals surface area contributed by atoms with E-state index < -0.39 is 18.0 Å². The molecule has 1 aliphatic heterocycles. The fourth-order valence-corrected chi connectivity index (χ4v) is 2.21. The molecule has 0 radical (unpaired) electrons. The van der Waals surface area contributed by atoms with E-state index in [1.54, 1.807) is 0 Å². The average molecular weight is 443 g/mol. The molecule has 12 heteroatoms. The predicted molar refractivity (Wildman–Crippen MR) is 86.8 cm³/mol. The van der Waals surface area contributed by atoms with Gasteiger partial charge in [0.25, 0.3) is 0 Å². The summed E-state index contributed by atoms with van der Waals surface area (Å²) in [5.41, 5.74) is 0. The number of hydrogen-bond acceptors (Lipinski definition) is 8. The van der Waals surface area contributed by atoms with E-state index in [0.29, 0.717) is 52.7 Å². The van der Waals surface area contributed by atoms with Gasteiger partial charge in [-0.2, -0.15) is 0 Å². The van der Waals surface area contributed by atoms with Crippen molar-refractivity contribution in [2.75, 3.05) is 79.0 Å². The van der Waals surface area contributed by atoms with Crippen LogP contribution in [0.5, 0.6) is 0 Å². The van der Waals surface area contributed by atoms with E-state index >= 15 is 0 Å². The molecule has 0 unspecified atom stereocenters. The molecule has 1 heterocycles. The summed E-state index contributed by atoms with van der Waals surface area (Å²) in [6, 6.07) is -1.63. The van der Waals surface area contributed by atoms with Crippen LogP contribution in [0.25, 0.3) is 0 Å². The maximum atomic E-state index is 11.2. The van der Waals surface area contributed by atoms with E-state index in [9.17, 15) is 9.59 Å². The predicted octanol–water partition coefficient (Wildman–Crippen LogP) is -7.50. The molecule has 27 heavy (non-hydrogen) atoms. The summed E-state index contributed by atoms with van der Waals surface area (Å²) >= 11 is 0. The van der Waals surface area contributed by atoms with Gasteiger partial charge in [0.15, 0.2) is 0 Å². The number of ether oxygens (including phenoxy) is 4. The number of carbonyl (C=O) groups is 2. The molecular formula is C15H28K2N2O8+2. The van der Waals surface area contributed by atoms with Crippen LogP contribution in [0.15, 0.2) is 0 Å². The van der Waals surface area contributed by atoms with Crippen LogP contribution in [-0.2, 0) is 28.5 Å². The molecule has 0 bridgehead atoms. The minimum Gasteiger partial charge on any atom is -0.480 e. The standard InChI is InChI=1S/C15H28N2O8.2K/c18-14(19)13(15(20)21)17-3-7-24-11-9-22-5-1-16-2-6-23-10-12-25-8-4-17;;/h13,16H,1-12H2,(H,18,19)(H,20,21);;/q;2*+1. The van der Waals surface area contributed by atoms with Crippen LogP contribution < -0.4 is 108 Å². The van der Waals surface area contributed by atoms with Gasteiger partial charge in [-0.3, -0.25) is 4.90 Å².